The van der Waals surface area contributed by atoms with Crippen molar-refractivity contribution < 1.29 is 14.4 Å². The number of nitrogens with zero attached hydrogens (tertiary/aromatic N) is 2. The summed E-state index contributed by atoms with van der Waals surface area (Å²) in [4.78, 5) is 41.4. The minimum Gasteiger partial charge on any atom is -0.339 e. The van der Waals surface area contributed by atoms with Gasteiger partial charge in [-0.05, 0) is 55.7 Å². The van der Waals surface area contributed by atoms with Gasteiger partial charge in [0.05, 0.1) is 11.3 Å². The second kappa shape index (κ2) is 9.11. The molecule has 1 N–H and O–H groups in total. The van der Waals surface area contributed by atoms with Crippen LogP contribution in [0.2, 0.25) is 0 Å². The maximum absolute atomic E-state index is 13.1. The molecular weight excluding hydrogens is 378 g/mol. The first-order valence-corrected chi connectivity index (χ1v) is 10.7. The van der Waals surface area contributed by atoms with Crippen LogP contribution in [0.15, 0.2) is 48.5 Å². The van der Waals surface area contributed by atoms with Gasteiger partial charge in [0.2, 0.25) is 5.91 Å². The number of nitrogens with one attached hydrogen (secondary N) is 1. The first kappa shape index (κ1) is 20.1. The van der Waals surface area contributed by atoms with Crippen LogP contribution in [0.4, 0.5) is 11.4 Å². The number of carbonyl (C=O) groups is 3. The highest BCUT2D eigenvalue weighted by atomic mass is 16.2. The third-order valence-electron chi connectivity index (χ3n) is 5.81. The van der Waals surface area contributed by atoms with Gasteiger partial charge in [-0.3, -0.25) is 14.4 Å². The van der Waals surface area contributed by atoms with Gasteiger partial charge in [-0.2, -0.15) is 0 Å². The summed E-state index contributed by atoms with van der Waals surface area (Å²) in [5, 5.41) is 2.89. The Morgan fingerprint density at radius 2 is 1.50 bits per heavy atom. The number of benzene rings is 2. The predicted octanol–water partition coefficient (Wildman–Crippen LogP) is 4.08. The number of carbonyl (C=O) groups excluding carboxylic acids is 3. The zero-order valence-electron chi connectivity index (χ0n) is 17.1. The number of rotatable bonds is 4. The number of para-hydroxylation sites is 1. The van der Waals surface area contributed by atoms with Crippen LogP contribution >= 0.6 is 0 Å². The maximum Gasteiger partial charge on any atom is 0.255 e. The molecular formula is C24H27N3O3. The highest BCUT2D eigenvalue weighted by Crippen LogP contribution is 2.23. The van der Waals surface area contributed by atoms with Crippen LogP contribution in [0, 0.1) is 0 Å². The Morgan fingerprint density at radius 1 is 0.800 bits per heavy atom. The summed E-state index contributed by atoms with van der Waals surface area (Å²) >= 11 is 0. The van der Waals surface area contributed by atoms with Crippen LogP contribution in [-0.4, -0.2) is 42.3 Å². The zero-order chi connectivity index (χ0) is 20.9. The van der Waals surface area contributed by atoms with Crippen molar-refractivity contribution in [2.45, 2.75) is 38.5 Å². The molecule has 0 aliphatic carbocycles. The first-order valence-electron chi connectivity index (χ1n) is 10.7. The molecule has 2 aliphatic rings. The van der Waals surface area contributed by atoms with Crippen LogP contribution < -0.4 is 10.2 Å². The van der Waals surface area contributed by atoms with Crippen molar-refractivity contribution in [3.8, 4) is 0 Å². The number of anilines is 2. The Bertz CT molecular complexity index is 931. The summed E-state index contributed by atoms with van der Waals surface area (Å²) in [6.45, 7) is 2.24. The Morgan fingerprint density at radius 3 is 2.17 bits per heavy atom. The van der Waals surface area contributed by atoms with Crippen molar-refractivity contribution in [2.75, 3.05) is 29.9 Å². The Labute approximate surface area is 176 Å². The lowest BCUT2D eigenvalue weighted by Crippen LogP contribution is -2.32. The van der Waals surface area contributed by atoms with E-state index in [1.807, 2.05) is 17.0 Å². The third kappa shape index (κ3) is 4.37. The summed E-state index contributed by atoms with van der Waals surface area (Å²) in [6, 6.07) is 14.2. The number of likely N-dealkylation sites (tertiary alicyclic amines) is 1. The Balaban J connectivity index is 1.48. The monoisotopic (exact) mass is 405 g/mol. The smallest absolute Gasteiger partial charge is 0.255 e. The van der Waals surface area contributed by atoms with E-state index in [0.29, 0.717) is 23.2 Å². The number of amides is 3. The molecule has 6 heteroatoms. The average Bonchev–Trinajstić information content (AvgIpc) is 3.02. The van der Waals surface area contributed by atoms with Gasteiger partial charge in [0.1, 0.15) is 0 Å². The minimum atomic E-state index is -0.273. The molecule has 2 fully saturated rings. The van der Waals surface area contributed by atoms with E-state index in [0.717, 1.165) is 57.4 Å². The van der Waals surface area contributed by atoms with Crippen molar-refractivity contribution in [1.82, 2.24) is 4.90 Å². The van der Waals surface area contributed by atoms with Crippen LogP contribution in [-0.2, 0) is 4.79 Å². The highest BCUT2D eigenvalue weighted by molar-refractivity contribution is 6.09. The highest BCUT2D eigenvalue weighted by Gasteiger charge is 2.23. The van der Waals surface area contributed by atoms with E-state index in [1.54, 1.807) is 41.3 Å². The van der Waals surface area contributed by atoms with Crippen LogP contribution in [0.3, 0.4) is 0 Å². The molecule has 0 atom stereocenters. The standard InChI is InChI=1S/C24H27N3O3/c28-22-10-7-17-27(22)19-13-11-18(12-14-19)23(29)25-21-9-4-3-8-20(21)24(30)26-15-5-1-2-6-16-26/h3-4,8-9,11-14H,1-2,5-7,10,15-17H2,(H,25,29). The molecule has 3 amide bonds. The van der Waals surface area contributed by atoms with Gasteiger partial charge in [-0.25, -0.2) is 0 Å². The quantitative estimate of drug-likeness (QED) is 0.833. The molecule has 0 radical (unpaired) electrons. The fourth-order valence-corrected chi connectivity index (χ4v) is 4.13. The van der Waals surface area contributed by atoms with Gasteiger partial charge in [0.15, 0.2) is 0 Å². The molecule has 2 heterocycles. The second-order valence-electron chi connectivity index (χ2n) is 7.90. The average molecular weight is 405 g/mol. The largest absolute Gasteiger partial charge is 0.339 e. The van der Waals surface area contributed by atoms with Gasteiger partial charge < -0.3 is 15.1 Å². The molecule has 0 spiro atoms. The van der Waals surface area contributed by atoms with Gasteiger partial charge in [0.25, 0.3) is 11.8 Å². The van der Waals surface area contributed by atoms with Crippen molar-refractivity contribution in [2.24, 2.45) is 0 Å². The third-order valence-corrected chi connectivity index (χ3v) is 5.81. The zero-order valence-corrected chi connectivity index (χ0v) is 17.1. The fraction of sp³-hybridized carbons (Fsp3) is 0.375. The normalized spacial score (nSPS) is 17.0. The summed E-state index contributed by atoms with van der Waals surface area (Å²) in [6.07, 6.45) is 5.79. The van der Waals surface area contributed by atoms with E-state index in [-0.39, 0.29) is 17.7 Å². The lowest BCUT2D eigenvalue weighted by Gasteiger charge is -2.22. The topological polar surface area (TPSA) is 69.7 Å². The minimum absolute atomic E-state index is 0.0318. The molecule has 2 saturated heterocycles. The Kier molecular flexibility index (Phi) is 6.12. The molecule has 0 unspecified atom stereocenters. The van der Waals surface area contributed by atoms with Crippen molar-refractivity contribution in [1.29, 1.82) is 0 Å². The number of hydrogen-bond donors (Lipinski definition) is 1. The van der Waals surface area contributed by atoms with E-state index < -0.39 is 0 Å². The SMILES string of the molecule is O=C(Nc1ccccc1C(=O)N1CCCCCC1)c1ccc(N2CCCC2=O)cc1. The molecule has 6 nitrogen and oxygen atoms in total. The van der Waals surface area contributed by atoms with Gasteiger partial charge >= 0.3 is 0 Å². The van der Waals surface area contributed by atoms with Gasteiger partial charge in [0, 0.05) is 37.3 Å². The molecule has 2 aliphatic heterocycles. The molecule has 156 valence electrons. The van der Waals surface area contributed by atoms with E-state index in [2.05, 4.69) is 5.32 Å². The van der Waals surface area contributed by atoms with Crippen molar-refractivity contribution >= 4 is 29.1 Å². The number of hydrogen-bond acceptors (Lipinski definition) is 3. The van der Waals surface area contributed by atoms with E-state index >= 15 is 0 Å². The van der Waals surface area contributed by atoms with Crippen LogP contribution in [0.1, 0.15) is 59.2 Å². The van der Waals surface area contributed by atoms with Gasteiger partial charge in [-0.15, -0.1) is 0 Å². The van der Waals surface area contributed by atoms with Crippen LogP contribution in [0.25, 0.3) is 0 Å². The first-order chi connectivity index (χ1) is 14.6. The molecule has 4 rings (SSSR count). The summed E-state index contributed by atoms with van der Waals surface area (Å²) in [7, 11) is 0. The van der Waals surface area contributed by atoms with E-state index in [1.165, 1.54) is 0 Å². The van der Waals surface area contributed by atoms with Crippen molar-refractivity contribution in [3.63, 3.8) is 0 Å². The maximum atomic E-state index is 13.1. The fourth-order valence-electron chi connectivity index (χ4n) is 4.13. The van der Waals surface area contributed by atoms with Crippen molar-refractivity contribution in [3.05, 3.63) is 59.7 Å². The van der Waals surface area contributed by atoms with Crippen LogP contribution in [0.5, 0.6) is 0 Å². The molecule has 0 aromatic heterocycles. The Hall–Kier alpha value is -3.15. The summed E-state index contributed by atoms with van der Waals surface area (Å²) < 4.78 is 0. The lowest BCUT2D eigenvalue weighted by molar-refractivity contribution is -0.117. The summed E-state index contributed by atoms with van der Waals surface area (Å²) in [5.41, 5.74) is 2.34. The van der Waals surface area contributed by atoms with E-state index in [9.17, 15) is 14.4 Å². The lowest BCUT2D eigenvalue weighted by atomic mass is 10.1. The second-order valence-corrected chi connectivity index (χ2v) is 7.90. The van der Waals surface area contributed by atoms with Gasteiger partial charge in [-0.1, -0.05) is 25.0 Å². The predicted molar refractivity (Wildman–Crippen MR) is 117 cm³/mol. The van der Waals surface area contributed by atoms with E-state index in [4.69, 9.17) is 0 Å². The molecule has 2 aromatic carbocycles. The molecule has 2 aromatic rings. The summed E-state index contributed by atoms with van der Waals surface area (Å²) in [5.74, 6) is -0.186. The molecule has 0 saturated carbocycles. The molecule has 0 bridgehead atoms. The molecule has 30 heavy (non-hydrogen) atoms.